The van der Waals surface area contributed by atoms with Crippen LogP contribution in [0, 0.1) is 6.92 Å². The van der Waals surface area contributed by atoms with Gasteiger partial charge in [0.1, 0.15) is 10.6 Å². The predicted octanol–water partition coefficient (Wildman–Crippen LogP) is 1.45. The highest BCUT2D eigenvalue weighted by Gasteiger charge is 2.23. The van der Waals surface area contributed by atoms with Crippen molar-refractivity contribution < 1.29 is 13.5 Å². The molecule has 3 N–H and O–H groups in total. The van der Waals surface area contributed by atoms with E-state index in [1.807, 2.05) is 24.3 Å². The molecule has 0 atom stereocenters. The number of H-pyrrole nitrogens is 1. The van der Waals surface area contributed by atoms with Crippen LogP contribution in [0.5, 0.6) is 0 Å². The zero-order valence-electron chi connectivity index (χ0n) is 10.7. The summed E-state index contributed by atoms with van der Waals surface area (Å²) in [5, 5.41) is 15.5. The molecule has 0 bridgehead atoms. The van der Waals surface area contributed by atoms with Crippen molar-refractivity contribution >= 4 is 26.0 Å². The number of hydrogen-bond acceptors (Lipinski definition) is 4. The molecular weight excluding hydrogens is 346 g/mol. The molecule has 1 aromatic carbocycles. The van der Waals surface area contributed by atoms with Crippen LogP contribution >= 0.6 is 15.9 Å². The van der Waals surface area contributed by atoms with E-state index in [2.05, 4.69) is 30.8 Å². The summed E-state index contributed by atoms with van der Waals surface area (Å²) in [5.74, 6) is 0. The largest absolute Gasteiger partial charge is 0.390 e. The highest BCUT2D eigenvalue weighted by Crippen LogP contribution is 2.19. The van der Waals surface area contributed by atoms with Gasteiger partial charge in [-0.15, -0.1) is 0 Å². The molecule has 0 radical (unpaired) electrons. The number of benzene rings is 1. The second-order valence-corrected chi connectivity index (χ2v) is 6.76. The first-order chi connectivity index (χ1) is 9.45. The van der Waals surface area contributed by atoms with Crippen LogP contribution < -0.4 is 4.72 Å². The third-order valence-corrected chi connectivity index (χ3v) is 5.17. The summed E-state index contributed by atoms with van der Waals surface area (Å²) in [5.41, 5.74) is 1.33. The van der Waals surface area contributed by atoms with Gasteiger partial charge in [0.2, 0.25) is 10.0 Å². The summed E-state index contributed by atoms with van der Waals surface area (Å²) in [6, 6.07) is 7.34. The van der Waals surface area contributed by atoms with Gasteiger partial charge in [0.25, 0.3) is 0 Å². The van der Waals surface area contributed by atoms with Gasteiger partial charge in [0.15, 0.2) is 0 Å². The van der Waals surface area contributed by atoms with Crippen molar-refractivity contribution in [1.29, 1.82) is 0 Å². The first kappa shape index (κ1) is 15.2. The van der Waals surface area contributed by atoms with Crippen LogP contribution in [0.4, 0.5) is 0 Å². The molecule has 2 aromatic rings. The number of sulfonamides is 1. The summed E-state index contributed by atoms with van der Waals surface area (Å²) < 4.78 is 27.9. The molecule has 0 spiro atoms. The van der Waals surface area contributed by atoms with E-state index in [0.717, 1.165) is 10.0 Å². The lowest BCUT2D eigenvalue weighted by Gasteiger charge is -2.08. The van der Waals surface area contributed by atoms with Gasteiger partial charge in [-0.3, -0.25) is 5.10 Å². The number of aliphatic hydroxyl groups is 1. The number of nitrogens with zero attached hydrogens (tertiary/aromatic N) is 1. The number of rotatable bonds is 5. The summed E-state index contributed by atoms with van der Waals surface area (Å²) in [6.07, 6.45) is 0. The third-order valence-electron chi connectivity index (χ3n) is 2.79. The minimum atomic E-state index is -3.73. The molecule has 108 valence electrons. The lowest BCUT2D eigenvalue weighted by Crippen LogP contribution is -2.24. The molecule has 0 saturated carbocycles. The summed E-state index contributed by atoms with van der Waals surface area (Å²) in [6.45, 7) is 1.31. The Morgan fingerprint density at radius 3 is 2.75 bits per heavy atom. The number of halogens is 1. The fraction of sp³-hybridized carbons (Fsp3) is 0.250. The van der Waals surface area contributed by atoms with Gasteiger partial charge in [-0.2, -0.15) is 5.10 Å². The van der Waals surface area contributed by atoms with Crippen molar-refractivity contribution in [3.05, 3.63) is 45.7 Å². The first-order valence-electron chi connectivity index (χ1n) is 5.83. The van der Waals surface area contributed by atoms with Gasteiger partial charge >= 0.3 is 0 Å². The second kappa shape index (κ2) is 6.04. The molecule has 0 fully saturated rings. The fourth-order valence-corrected chi connectivity index (χ4v) is 3.60. The average molecular weight is 360 g/mol. The molecule has 0 amide bonds. The van der Waals surface area contributed by atoms with Gasteiger partial charge in [-0.05, 0) is 18.6 Å². The van der Waals surface area contributed by atoms with Crippen LogP contribution in [0.2, 0.25) is 0 Å². The minimum Gasteiger partial charge on any atom is -0.390 e. The Morgan fingerprint density at radius 1 is 1.40 bits per heavy atom. The molecule has 0 aliphatic rings. The van der Waals surface area contributed by atoms with Crippen LogP contribution in [-0.4, -0.2) is 23.7 Å². The molecule has 0 aliphatic carbocycles. The van der Waals surface area contributed by atoms with E-state index < -0.39 is 16.6 Å². The van der Waals surface area contributed by atoms with E-state index in [9.17, 15) is 8.42 Å². The molecule has 0 unspecified atom stereocenters. The Balaban J connectivity index is 2.24. The number of hydrogen-bond donors (Lipinski definition) is 3. The Bertz CT molecular complexity index is 712. The maximum atomic E-state index is 12.3. The molecule has 1 aromatic heterocycles. The van der Waals surface area contributed by atoms with Crippen LogP contribution in [0.15, 0.2) is 33.6 Å². The van der Waals surface area contributed by atoms with Crippen LogP contribution in [0.3, 0.4) is 0 Å². The maximum absolute atomic E-state index is 12.3. The lowest BCUT2D eigenvalue weighted by molar-refractivity contribution is 0.273. The Kier molecular flexibility index (Phi) is 4.59. The number of aromatic amines is 1. The highest BCUT2D eigenvalue weighted by atomic mass is 79.9. The van der Waals surface area contributed by atoms with Crippen molar-refractivity contribution in [3.63, 3.8) is 0 Å². The zero-order valence-corrected chi connectivity index (χ0v) is 13.1. The topological polar surface area (TPSA) is 95.1 Å². The average Bonchev–Trinajstić information content (AvgIpc) is 2.80. The standard InChI is InChI=1S/C12H14BrN3O3S/c1-8-12(11(7-17)16-15-8)20(18,19)14-6-9-4-2-3-5-10(9)13/h2-5,14,17H,6-7H2,1H3,(H,15,16). The molecule has 1 heterocycles. The first-order valence-corrected chi connectivity index (χ1v) is 8.11. The van der Waals surface area contributed by atoms with Crippen molar-refractivity contribution in [2.75, 3.05) is 0 Å². The van der Waals surface area contributed by atoms with E-state index in [4.69, 9.17) is 5.11 Å². The summed E-state index contributed by atoms with van der Waals surface area (Å²) in [4.78, 5) is 0.00653. The van der Waals surface area contributed by atoms with Crippen LogP contribution in [0.25, 0.3) is 0 Å². The monoisotopic (exact) mass is 359 g/mol. The Morgan fingerprint density at radius 2 is 2.10 bits per heavy atom. The lowest BCUT2D eigenvalue weighted by atomic mass is 10.2. The number of nitrogens with one attached hydrogen (secondary N) is 2. The SMILES string of the molecule is Cc1[nH]nc(CO)c1S(=O)(=O)NCc1ccccc1Br. The predicted molar refractivity (Wildman–Crippen MR) is 77.4 cm³/mol. The van der Waals surface area contributed by atoms with Crippen LogP contribution in [0.1, 0.15) is 17.0 Å². The Hall–Kier alpha value is -1.22. The highest BCUT2D eigenvalue weighted by molar-refractivity contribution is 9.10. The van der Waals surface area contributed by atoms with Gasteiger partial charge in [-0.25, -0.2) is 13.1 Å². The zero-order chi connectivity index (χ0) is 14.8. The van der Waals surface area contributed by atoms with Crippen molar-refractivity contribution in [1.82, 2.24) is 14.9 Å². The normalized spacial score (nSPS) is 11.8. The Labute approximate surface area is 125 Å². The van der Waals surface area contributed by atoms with Crippen LogP contribution in [-0.2, 0) is 23.2 Å². The van der Waals surface area contributed by atoms with E-state index in [0.29, 0.717) is 5.69 Å². The summed E-state index contributed by atoms with van der Waals surface area (Å²) in [7, 11) is -3.73. The molecule has 0 aliphatic heterocycles. The third kappa shape index (κ3) is 3.09. The van der Waals surface area contributed by atoms with E-state index in [1.165, 1.54) is 0 Å². The quantitative estimate of drug-likeness (QED) is 0.752. The number of aromatic nitrogens is 2. The molecule has 2 rings (SSSR count). The van der Waals surface area contributed by atoms with E-state index in [-0.39, 0.29) is 17.1 Å². The van der Waals surface area contributed by atoms with E-state index in [1.54, 1.807) is 6.92 Å². The second-order valence-electron chi connectivity index (χ2n) is 4.20. The summed E-state index contributed by atoms with van der Waals surface area (Å²) >= 11 is 3.36. The smallest absolute Gasteiger partial charge is 0.244 e. The maximum Gasteiger partial charge on any atom is 0.244 e. The fourth-order valence-electron chi connectivity index (χ4n) is 1.82. The van der Waals surface area contributed by atoms with Gasteiger partial charge in [-0.1, -0.05) is 34.1 Å². The van der Waals surface area contributed by atoms with Crippen molar-refractivity contribution in [2.45, 2.75) is 25.0 Å². The number of aryl methyl sites for hydroxylation is 1. The molecule has 6 nitrogen and oxygen atoms in total. The molecular formula is C12H14BrN3O3S. The van der Waals surface area contributed by atoms with Gasteiger partial charge < -0.3 is 5.11 Å². The number of aliphatic hydroxyl groups excluding tert-OH is 1. The molecule has 8 heteroatoms. The van der Waals surface area contributed by atoms with Crippen molar-refractivity contribution in [2.24, 2.45) is 0 Å². The van der Waals surface area contributed by atoms with Gasteiger partial charge in [0.05, 0.1) is 12.3 Å². The van der Waals surface area contributed by atoms with E-state index >= 15 is 0 Å². The molecule has 20 heavy (non-hydrogen) atoms. The van der Waals surface area contributed by atoms with Crippen molar-refractivity contribution in [3.8, 4) is 0 Å². The molecule has 0 saturated heterocycles. The van der Waals surface area contributed by atoms with Gasteiger partial charge in [0, 0.05) is 11.0 Å². The minimum absolute atomic E-state index is 0.00653.